The highest BCUT2D eigenvalue weighted by Gasteiger charge is 2.23. The molecule has 0 spiro atoms. The Bertz CT molecular complexity index is 274. The van der Waals surface area contributed by atoms with Gasteiger partial charge >= 0.3 is 6.98 Å². The molecule has 1 heterocycles. The molecule has 13 heavy (non-hydrogen) atoms. The van der Waals surface area contributed by atoms with Crippen molar-refractivity contribution >= 4 is 6.98 Å². The maximum absolute atomic E-state index is 11.9. The van der Waals surface area contributed by atoms with Gasteiger partial charge in [0.2, 0.25) is 0 Å². The lowest BCUT2D eigenvalue weighted by Gasteiger charge is -2.12. The minimum Gasteiger partial charge on any atom is -0.449 e. The predicted molar refractivity (Wildman–Crippen MR) is 40.7 cm³/mol. The Kier molecular flexibility index (Phi) is 2.87. The summed E-state index contributed by atoms with van der Waals surface area (Å²) in [6.45, 7) is -5.20. The fourth-order valence-corrected chi connectivity index (χ4v) is 0.836. The lowest BCUT2D eigenvalue weighted by Crippen LogP contribution is -2.19. The van der Waals surface area contributed by atoms with Gasteiger partial charge in [-0.2, -0.15) is 0 Å². The molecule has 1 aromatic rings. The number of aliphatic hydroxyl groups is 1. The Hall–Kier alpha value is -1.11. The number of rotatable bonds is 3. The molecule has 0 aliphatic rings. The molecule has 0 aliphatic heterocycles. The maximum Gasteiger partial charge on any atom is 0.482 e. The van der Waals surface area contributed by atoms with E-state index in [9.17, 15) is 12.9 Å². The number of hydrogen-bond donors (Lipinski definition) is 1. The van der Waals surface area contributed by atoms with Gasteiger partial charge in [0.05, 0.1) is 0 Å². The Labute approximate surface area is 72.7 Å². The van der Waals surface area contributed by atoms with E-state index in [-0.39, 0.29) is 18.0 Å². The summed E-state index contributed by atoms with van der Waals surface area (Å²) in [6.07, 6.45) is 1.17. The molecule has 7 heteroatoms. The van der Waals surface area contributed by atoms with Crippen molar-refractivity contribution in [3.8, 4) is 0 Å². The molecular formula is C6H7BF3N2O-. The molecule has 72 valence electrons. The van der Waals surface area contributed by atoms with Gasteiger partial charge in [-0.1, -0.05) is 6.32 Å². The highest BCUT2D eigenvalue weighted by Crippen LogP contribution is 2.14. The van der Waals surface area contributed by atoms with Gasteiger partial charge in [0.1, 0.15) is 6.61 Å². The van der Waals surface area contributed by atoms with Crippen LogP contribution in [-0.2, 0) is 12.9 Å². The number of nitrogens with zero attached hydrogens (tertiary/aromatic N) is 2. The van der Waals surface area contributed by atoms with Gasteiger partial charge in [-0.15, -0.1) is 0 Å². The Morgan fingerprint density at radius 1 is 1.23 bits per heavy atom. The summed E-state index contributed by atoms with van der Waals surface area (Å²) in [4.78, 5) is 7.06. The summed E-state index contributed by atoms with van der Waals surface area (Å²) in [5.41, 5.74) is 0.0182. The summed E-state index contributed by atoms with van der Waals surface area (Å²) in [6, 6.07) is 0. The van der Waals surface area contributed by atoms with E-state index in [1.54, 1.807) is 0 Å². The normalized spacial score (nSPS) is 11.7. The second-order valence-electron chi connectivity index (χ2n) is 2.58. The second kappa shape index (κ2) is 3.74. The van der Waals surface area contributed by atoms with Crippen molar-refractivity contribution in [2.75, 3.05) is 0 Å². The summed E-state index contributed by atoms with van der Waals surface area (Å²) >= 11 is 0. The highest BCUT2D eigenvalue weighted by molar-refractivity contribution is 6.57. The molecule has 1 N–H and O–H groups in total. The minimum absolute atomic E-state index is 0.0182. The molecular weight excluding hydrogens is 184 g/mol. The average Bonchev–Trinajstić information content (AvgIpc) is 2.03. The molecule has 0 aromatic carbocycles. The standard InChI is InChI=1S/C6H7BF3N2O/c8-7(9,10)1-5-2-11-6(4-13)12-3-5/h2-3,13H,1,4H2/q-1. The first-order valence-corrected chi connectivity index (χ1v) is 3.63. The molecule has 1 aromatic heterocycles. The summed E-state index contributed by atoms with van der Waals surface area (Å²) in [5.74, 6) is 0.124. The predicted octanol–water partition coefficient (Wildman–Crippen LogP) is 0.898. The molecule has 3 nitrogen and oxygen atoms in total. The van der Waals surface area contributed by atoms with Crippen LogP contribution in [0.25, 0.3) is 0 Å². The van der Waals surface area contributed by atoms with Crippen LogP contribution in [0.5, 0.6) is 0 Å². The Balaban J connectivity index is 2.70. The quantitative estimate of drug-likeness (QED) is 0.721. The van der Waals surface area contributed by atoms with Crippen LogP contribution in [0.15, 0.2) is 12.4 Å². The first-order chi connectivity index (χ1) is 6.01. The first-order valence-electron chi connectivity index (χ1n) is 3.63. The summed E-state index contributed by atoms with van der Waals surface area (Å²) in [7, 11) is 0. The van der Waals surface area contributed by atoms with E-state index in [2.05, 4.69) is 9.97 Å². The molecule has 1 rings (SSSR count). The molecule has 0 amide bonds. The third-order valence-corrected chi connectivity index (χ3v) is 1.37. The third-order valence-electron chi connectivity index (χ3n) is 1.37. The van der Waals surface area contributed by atoms with Crippen molar-refractivity contribution in [2.24, 2.45) is 0 Å². The van der Waals surface area contributed by atoms with E-state index in [0.717, 1.165) is 12.4 Å². The van der Waals surface area contributed by atoms with Crippen LogP contribution in [0.2, 0.25) is 0 Å². The monoisotopic (exact) mass is 191 g/mol. The van der Waals surface area contributed by atoms with Crippen LogP contribution in [0, 0.1) is 0 Å². The van der Waals surface area contributed by atoms with Crippen molar-refractivity contribution in [1.82, 2.24) is 9.97 Å². The van der Waals surface area contributed by atoms with Crippen LogP contribution in [0.4, 0.5) is 12.9 Å². The number of aliphatic hydroxyl groups excluding tert-OH is 1. The smallest absolute Gasteiger partial charge is 0.449 e. The van der Waals surface area contributed by atoms with E-state index >= 15 is 0 Å². The lowest BCUT2D eigenvalue weighted by molar-refractivity contribution is 0.271. The first kappa shape index (κ1) is 9.98. The van der Waals surface area contributed by atoms with Gasteiger partial charge in [0.15, 0.2) is 5.82 Å². The summed E-state index contributed by atoms with van der Waals surface area (Å²) < 4.78 is 35.6. The van der Waals surface area contributed by atoms with Gasteiger partial charge in [-0.3, -0.25) is 0 Å². The zero-order valence-corrected chi connectivity index (χ0v) is 6.62. The van der Waals surface area contributed by atoms with E-state index in [1.807, 2.05) is 0 Å². The van der Waals surface area contributed by atoms with Crippen LogP contribution in [-0.4, -0.2) is 22.1 Å². The largest absolute Gasteiger partial charge is 0.482 e. The Morgan fingerprint density at radius 2 is 1.77 bits per heavy atom. The van der Waals surface area contributed by atoms with Crippen molar-refractivity contribution in [3.05, 3.63) is 23.8 Å². The van der Waals surface area contributed by atoms with Gasteiger partial charge in [0, 0.05) is 12.4 Å². The minimum atomic E-state index is -4.84. The van der Waals surface area contributed by atoms with E-state index in [4.69, 9.17) is 5.11 Å². The SMILES string of the molecule is OCc1ncc(C[B-](F)(F)F)cn1. The third kappa shape index (κ3) is 3.41. The molecule has 0 saturated carbocycles. The van der Waals surface area contributed by atoms with E-state index in [1.165, 1.54) is 0 Å². The molecule has 0 unspecified atom stereocenters. The number of aromatic nitrogens is 2. The van der Waals surface area contributed by atoms with Crippen LogP contribution < -0.4 is 0 Å². The van der Waals surface area contributed by atoms with Crippen molar-refractivity contribution in [1.29, 1.82) is 0 Å². The average molecular weight is 191 g/mol. The molecule has 0 radical (unpaired) electrons. The van der Waals surface area contributed by atoms with Gasteiger partial charge in [-0.25, -0.2) is 9.97 Å². The Morgan fingerprint density at radius 3 is 2.15 bits per heavy atom. The molecule has 0 aliphatic carbocycles. The second-order valence-corrected chi connectivity index (χ2v) is 2.58. The van der Waals surface area contributed by atoms with Gasteiger partial charge in [0.25, 0.3) is 0 Å². The topological polar surface area (TPSA) is 46.0 Å². The lowest BCUT2D eigenvalue weighted by atomic mass is 9.83. The van der Waals surface area contributed by atoms with Crippen molar-refractivity contribution in [3.63, 3.8) is 0 Å². The number of hydrogen-bond acceptors (Lipinski definition) is 3. The fourth-order valence-electron chi connectivity index (χ4n) is 0.836. The van der Waals surface area contributed by atoms with Gasteiger partial charge < -0.3 is 18.1 Å². The molecule has 0 atom stereocenters. The molecule has 0 fully saturated rings. The highest BCUT2D eigenvalue weighted by atomic mass is 19.4. The van der Waals surface area contributed by atoms with Crippen LogP contribution in [0.3, 0.4) is 0 Å². The van der Waals surface area contributed by atoms with Crippen molar-refractivity contribution < 1.29 is 18.1 Å². The molecule has 0 saturated heterocycles. The van der Waals surface area contributed by atoms with Crippen LogP contribution >= 0.6 is 0 Å². The van der Waals surface area contributed by atoms with Crippen molar-refractivity contribution in [2.45, 2.75) is 12.9 Å². The zero-order valence-electron chi connectivity index (χ0n) is 6.62. The molecule has 0 bridgehead atoms. The summed E-state index contributed by atoms with van der Waals surface area (Å²) in [5, 5.41) is 8.52. The number of halogens is 3. The van der Waals surface area contributed by atoms with E-state index < -0.39 is 13.3 Å². The van der Waals surface area contributed by atoms with E-state index in [0.29, 0.717) is 0 Å². The van der Waals surface area contributed by atoms with Gasteiger partial charge in [-0.05, 0) is 5.56 Å². The maximum atomic E-state index is 11.9. The van der Waals surface area contributed by atoms with Crippen LogP contribution in [0.1, 0.15) is 11.4 Å². The fraction of sp³-hybridized carbons (Fsp3) is 0.333. The zero-order chi connectivity index (χ0) is 9.90.